The van der Waals surface area contributed by atoms with E-state index in [1.54, 1.807) is 6.92 Å². The number of carbonyl (C=O) groups is 3. The molecule has 0 aliphatic carbocycles. The van der Waals surface area contributed by atoms with Gasteiger partial charge in [0.1, 0.15) is 0 Å². The third kappa shape index (κ3) is 14.1. The number of imide groups is 1. The highest BCUT2D eigenvalue weighted by Crippen LogP contribution is 2.11. The summed E-state index contributed by atoms with van der Waals surface area (Å²) in [6.07, 6.45) is 19.7. The van der Waals surface area contributed by atoms with Gasteiger partial charge in [0, 0.05) is 33.5 Å². The van der Waals surface area contributed by atoms with Gasteiger partial charge in [-0.05, 0) is 71.0 Å². The van der Waals surface area contributed by atoms with Crippen molar-refractivity contribution in [3.8, 4) is 0 Å². The molecule has 1 aliphatic heterocycles. The summed E-state index contributed by atoms with van der Waals surface area (Å²) >= 11 is 0. The lowest BCUT2D eigenvalue weighted by atomic mass is 10.1. The molecule has 1 aliphatic rings. The van der Waals surface area contributed by atoms with E-state index in [-0.39, 0.29) is 11.8 Å². The van der Waals surface area contributed by atoms with Gasteiger partial charge in [0.2, 0.25) is 18.2 Å². The minimum absolute atomic E-state index is 0.0596. The van der Waals surface area contributed by atoms with Gasteiger partial charge in [-0.25, -0.2) is 0 Å². The van der Waals surface area contributed by atoms with Gasteiger partial charge in [0.25, 0.3) is 0 Å². The van der Waals surface area contributed by atoms with Crippen molar-refractivity contribution in [2.45, 2.75) is 90.9 Å². The van der Waals surface area contributed by atoms with Gasteiger partial charge in [-0.2, -0.15) is 0 Å². The topological polar surface area (TPSA) is 60.9 Å². The first-order valence-corrected chi connectivity index (χ1v) is 12.4. The van der Waals surface area contributed by atoms with Crippen LogP contribution in [0.3, 0.4) is 0 Å². The Morgan fingerprint density at radius 2 is 1.32 bits per heavy atom. The summed E-state index contributed by atoms with van der Waals surface area (Å²) in [4.78, 5) is 39.8. The van der Waals surface area contributed by atoms with Crippen molar-refractivity contribution < 1.29 is 14.4 Å². The van der Waals surface area contributed by atoms with E-state index in [1.807, 2.05) is 4.90 Å². The number of amides is 3. The Labute approximate surface area is 190 Å². The van der Waals surface area contributed by atoms with E-state index >= 15 is 0 Å². The number of allylic oxidation sites excluding steroid dienone is 2. The van der Waals surface area contributed by atoms with E-state index in [0.29, 0.717) is 25.9 Å². The van der Waals surface area contributed by atoms with E-state index < -0.39 is 0 Å². The molecule has 1 heterocycles. The van der Waals surface area contributed by atoms with E-state index in [1.165, 1.54) is 71.1 Å². The first kappa shape index (κ1) is 27.3. The van der Waals surface area contributed by atoms with E-state index in [9.17, 15) is 14.4 Å². The van der Waals surface area contributed by atoms with E-state index in [4.69, 9.17) is 0 Å². The summed E-state index contributed by atoms with van der Waals surface area (Å²) in [5.74, 6) is -0.193. The monoisotopic (exact) mass is 435 g/mol. The second kappa shape index (κ2) is 17.9. The number of hydrogen-bond acceptors (Lipinski definition) is 4. The summed E-state index contributed by atoms with van der Waals surface area (Å²) in [5, 5.41) is 0. The molecule has 0 atom stereocenters. The molecule has 0 saturated carbocycles. The molecule has 6 nitrogen and oxygen atoms in total. The van der Waals surface area contributed by atoms with Crippen LogP contribution in [0.25, 0.3) is 0 Å². The maximum Gasteiger partial charge on any atom is 0.225 e. The predicted octanol–water partition coefficient (Wildman–Crippen LogP) is 4.39. The standard InChI is InChI=1S/C25H45N3O3/c1-24(30)27(21-16-22-28(23-29)25(2)31)20-15-19-26-17-13-11-9-7-5-3-4-6-8-10-12-14-18-26/h5,7,23H,3-4,6,8-22H2,1-2H3/b7-5-. The maximum absolute atomic E-state index is 12.0. The minimum Gasteiger partial charge on any atom is -0.343 e. The van der Waals surface area contributed by atoms with Crippen molar-refractivity contribution in [2.75, 3.05) is 39.3 Å². The molecular formula is C25H45N3O3. The largest absolute Gasteiger partial charge is 0.343 e. The first-order chi connectivity index (χ1) is 15.0. The smallest absolute Gasteiger partial charge is 0.225 e. The molecule has 178 valence electrons. The molecule has 0 N–H and O–H groups in total. The average molecular weight is 436 g/mol. The number of hydrogen-bond donors (Lipinski definition) is 0. The molecule has 0 bridgehead atoms. The lowest BCUT2D eigenvalue weighted by Crippen LogP contribution is -2.36. The zero-order chi connectivity index (χ0) is 22.7. The second-order valence-corrected chi connectivity index (χ2v) is 8.75. The van der Waals surface area contributed by atoms with Crippen LogP contribution < -0.4 is 0 Å². The number of nitrogens with zero attached hydrogens (tertiary/aromatic N) is 3. The van der Waals surface area contributed by atoms with Crippen LogP contribution in [0.15, 0.2) is 12.2 Å². The quantitative estimate of drug-likeness (QED) is 0.398. The molecule has 0 aromatic heterocycles. The summed E-state index contributed by atoms with van der Waals surface area (Å²) in [5.41, 5.74) is 0. The zero-order valence-corrected chi connectivity index (χ0v) is 20.0. The summed E-state index contributed by atoms with van der Waals surface area (Å²) < 4.78 is 0. The van der Waals surface area contributed by atoms with Gasteiger partial charge in [0.15, 0.2) is 0 Å². The lowest BCUT2D eigenvalue weighted by Gasteiger charge is -2.26. The maximum atomic E-state index is 12.0. The average Bonchev–Trinajstić information content (AvgIpc) is 2.75. The first-order valence-electron chi connectivity index (χ1n) is 12.4. The van der Waals surface area contributed by atoms with Gasteiger partial charge in [-0.3, -0.25) is 19.3 Å². The Kier molecular flexibility index (Phi) is 15.8. The van der Waals surface area contributed by atoms with E-state index in [0.717, 1.165) is 37.5 Å². The van der Waals surface area contributed by atoms with Gasteiger partial charge in [-0.15, -0.1) is 0 Å². The molecule has 0 saturated heterocycles. The van der Waals surface area contributed by atoms with Crippen LogP contribution in [0.1, 0.15) is 90.9 Å². The molecule has 6 heteroatoms. The molecule has 0 fully saturated rings. The Hall–Kier alpha value is -1.69. The Morgan fingerprint density at radius 1 is 0.774 bits per heavy atom. The fourth-order valence-electron chi connectivity index (χ4n) is 4.10. The van der Waals surface area contributed by atoms with Crippen LogP contribution in [0, 0.1) is 0 Å². The van der Waals surface area contributed by atoms with Crippen molar-refractivity contribution in [3.63, 3.8) is 0 Å². The van der Waals surface area contributed by atoms with Crippen molar-refractivity contribution in [1.82, 2.24) is 14.7 Å². The van der Waals surface area contributed by atoms with Crippen LogP contribution in [-0.4, -0.2) is 72.2 Å². The van der Waals surface area contributed by atoms with Crippen LogP contribution in [-0.2, 0) is 14.4 Å². The van der Waals surface area contributed by atoms with Crippen LogP contribution >= 0.6 is 0 Å². The van der Waals surface area contributed by atoms with Crippen LogP contribution in [0.4, 0.5) is 0 Å². The van der Waals surface area contributed by atoms with Crippen molar-refractivity contribution in [3.05, 3.63) is 12.2 Å². The molecule has 1 rings (SSSR count). The van der Waals surface area contributed by atoms with Crippen molar-refractivity contribution in [2.24, 2.45) is 0 Å². The molecule has 0 aromatic carbocycles. The Balaban J connectivity index is 2.40. The molecule has 0 spiro atoms. The number of carbonyl (C=O) groups excluding carboxylic acids is 3. The molecule has 3 amide bonds. The zero-order valence-electron chi connectivity index (χ0n) is 20.0. The predicted molar refractivity (Wildman–Crippen MR) is 127 cm³/mol. The van der Waals surface area contributed by atoms with Gasteiger partial charge >= 0.3 is 0 Å². The van der Waals surface area contributed by atoms with Crippen molar-refractivity contribution in [1.29, 1.82) is 0 Å². The summed E-state index contributed by atoms with van der Waals surface area (Å²) in [6.45, 7) is 7.98. The fourth-order valence-corrected chi connectivity index (χ4v) is 4.10. The minimum atomic E-state index is -0.253. The third-order valence-corrected chi connectivity index (χ3v) is 6.06. The third-order valence-electron chi connectivity index (χ3n) is 6.06. The van der Waals surface area contributed by atoms with Crippen molar-refractivity contribution >= 4 is 18.2 Å². The summed E-state index contributed by atoms with van der Waals surface area (Å²) in [6, 6.07) is 0. The Morgan fingerprint density at radius 3 is 1.94 bits per heavy atom. The molecule has 31 heavy (non-hydrogen) atoms. The lowest BCUT2D eigenvalue weighted by molar-refractivity contribution is -0.136. The summed E-state index contributed by atoms with van der Waals surface area (Å²) in [7, 11) is 0. The second-order valence-electron chi connectivity index (χ2n) is 8.75. The molecule has 0 unspecified atom stereocenters. The molecule has 0 radical (unpaired) electrons. The van der Waals surface area contributed by atoms with Gasteiger partial charge < -0.3 is 9.80 Å². The molecular weight excluding hydrogens is 390 g/mol. The highest BCUT2D eigenvalue weighted by Gasteiger charge is 2.12. The highest BCUT2D eigenvalue weighted by molar-refractivity contribution is 5.84. The van der Waals surface area contributed by atoms with Gasteiger partial charge in [0.05, 0.1) is 0 Å². The van der Waals surface area contributed by atoms with Crippen LogP contribution in [0.2, 0.25) is 0 Å². The van der Waals surface area contributed by atoms with Crippen LogP contribution in [0.5, 0.6) is 0 Å². The van der Waals surface area contributed by atoms with E-state index in [2.05, 4.69) is 17.1 Å². The Bertz CT molecular complexity index is 536. The fraction of sp³-hybridized carbons (Fsp3) is 0.800. The number of rotatable bonds is 9. The van der Waals surface area contributed by atoms with Gasteiger partial charge in [-0.1, -0.05) is 37.8 Å². The highest BCUT2D eigenvalue weighted by atomic mass is 16.2. The normalized spacial score (nSPS) is 18.4. The SMILES string of the molecule is CC(=O)N(C=O)CCCN(CCCN1CCCC/C=C\CCCCCCCC1)C(C)=O. The molecule has 0 aromatic rings.